The van der Waals surface area contributed by atoms with Gasteiger partial charge in [0.05, 0.1) is 30.0 Å². The highest BCUT2D eigenvalue weighted by Crippen LogP contribution is 2.28. The third kappa shape index (κ3) is 3.42. The zero-order chi connectivity index (χ0) is 15.4. The van der Waals surface area contributed by atoms with Gasteiger partial charge in [-0.15, -0.1) is 0 Å². The number of nitro benzene ring substituents is 1. The van der Waals surface area contributed by atoms with Gasteiger partial charge in [-0.2, -0.15) is 5.10 Å². The smallest absolute Gasteiger partial charge is 0.293 e. The molecular formula is C13H14N4O4. The van der Waals surface area contributed by atoms with E-state index in [1.165, 1.54) is 36.0 Å². The Morgan fingerprint density at radius 1 is 1.52 bits per heavy atom. The molecule has 0 saturated carbocycles. The number of aromatic nitrogens is 2. The van der Waals surface area contributed by atoms with Gasteiger partial charge in [0.15, 0.2) is 5.78 Å². The molecule has 0 spiro atoms. The second-order valence-electron chi connectivity index (χ2n) is 4.39. The van der Waals surface area contributed by atoms with Crippen LogP contribution in [0.2, 0.25) is 0 Å². The number of ketones is 1. The zero-order valence-corrected chi connectivity index (χ0v) is 11.3. The number of Topliss-reactive ketones (excluding diaryl/α,β-unsaturated/α-hetero) is 1. The Morgan fingerprint density at radius 2 is 2.29 bits per heavy atom. The van der Waals surface area contributed by atoms with E-state index in [-0.39, 0.29) is 29.3 Å². The second-order valence-corrected chi connectivity index (χ2v) is 4.39. The van der Waals surface area contributed by atoms with Crippen molar-refractivity contribution in [2.75, 3.05) is 11.9 Å². The Balaban J connectivity index is 2.29. The third-order valence-electron chi connectivity index (χ3n) is 2.84. The number of rotatable bonds is 6. The summed E-state index contributed by atoms with van der Waals surface area (Å²) < 4.78 is 1.51. The fourth-order valence-corrected chi connectivity index (χ4v) is 1.82. The zero-order valence-electron chi connectivity index (χ0n) is 11.3. The summed E-state index contributed by atoms with van der Waals surface area (Å²) >= 11 is 0. The standard InChI is InChI=1S/C13H14N4O4/c1-9(19)10-2-3-12(13(6-10)17(20)21)15-11-7-14-16(8-11)4-5-18/h2-3,6-8,15,18H,4-5H2,1H3. The van der Waals surface area contributed by atoms with Gasteiger partial charge in [0.2, 0.25) is 0 Å². The highest BCUT2D eigenvalue weighted by molar-refractivity contribution is 5.95. The van der Waals surface area contributed by atoms with Gasteiger partial charge < -0.3 is 10.4 Å². The fourth-order valence-electron chi connectivity index (χ4n) is 1.82. The number of aliphatic hydroxyl groups is 1. The van der Waals surface area contributed by atoms with Crippen LogP contribution in [0.4, 0.5) is 17.1 Å². The lowest BCUT2D eigenvalue weighted by Crippen LogP contribution is -2.02. The lowest BCUT2D eigenvalue weighted by molar-refractivity contribution is -0.383. The van der Waals surface area contributed by atoms with E-state index < -0.39 is 4.92 Å². The minimum absolute atomic E-state index is 0.0470. The van der Waals surface area contributed by atoms with Crippen LogP contribution in [0.5, 0.6) is 0 Å². The molecule has 0 saturated heterocycles. The summed E-state index contributed by atoms with van der Waals surface area (Å²) in [4.78, 5) is 21.8. The Hall–Kier alpha value is -2.74. The number of anilines is 2. The Morgan fingerprint density at radius 3 is 2.90 bits per heavy atom. The molecule has 0 aliphatic heterocycles. The molecule has 0 unspecified atom stereocenters. The van der Waals surface area contributed by atoms with Crippen LogP contribution in [-0.4, -0.2) is 32.2 Å². The van der Waals surface area contributed by atoms with E-state index in [0.29, 0.717) is 12.2 Å². The molecule has 0 bridgehead atoms. The Labute approximate surface area is 120 Å². The third-order valence-corrected chi connectivity index (χ3v) is 2.84. The number of hydrogen-bond donors (Lipinski definition) is 2. The fraction of sp³-hybridized carbons (Fsp3) is 0.231. The van der Waals surface area contributed by atoms with Crippen molar-refractivity contribution in [3.63, 3.8) is 0 Å². The van der Waals surface area contributed by atoms with Crippen LogP contribution < -0.4 is 5.32 Å². The number of benzene rings is 1. The molecule has 1 aromatic heterocycles. The molecule has 2 aromatic rings. The van der Waals surface area contributed by atoms with Crippen molar-refractivity contribution < 1.29 is 14.8 Å². The SMILES string of the molecule is CC(=O)c1ccc(Nc2cnn(CCO)c2)c([N+](=O)[O-])c1. The number of carbonyl (C=O) groups is 1. The van der Waals surface area contributed by atoms with Crippen LogP contribution in [0.3, 0.4) is 0 Å². The summed E-state index contributed by atoms with van der Waals surface area (Å²) in [6.07, 6.45) is 3.12. The lowest BCUT2D eigenvalue weighted by Gasteiger charge is -2.06. The number of carbonyl (C=O) groups excluding carboxylic acids is 1. The highest BCUT2D eigenvalue weighted by Gasteiger charge is 2.16. The number of hydrogen-bond acceptors (Lipinski definition) is 6. The molecule has 8 heteroatoms. The lowest BCUT2D eigenvalue weighted by atomic mass is 10.1. The van der Waals surface area contributed by atoms with Crippen molar-refractivity contribution >= 4 is 22.8 Å². The first-order valence-corrected chi connectivity index (χ1v) is 6.21. The predicted octanol–water partition coefficient (Wildman–Crippen LogP) is 1.73. The van der Waals surface area contributed by atoms with Crippen molar-refractivity contribution in [2.24, 2.45) is 0 Å². The van der Waals surface area contributed by atoms with Crippen LogP contribution in [0.15, 0.2) is 30.6 Å². The van der Waals surface area contributed by atoms with Gasteiger partial charge >= 0.3 is 0 Å². The summed E-state index contributed by atoms with van der Waals surface area (Å²) in [7, 11) is 0. The topological polar surface area (TPSA) is 110 Å². The summed E-state index contributed by atoms with van der Waals surface area (Å²) in [5.41, 5.74) is 0.927. The second kappa shape index (κ2) is 6.14. The van der Waals surface area contributed by atoms with Gasteiger partial charge in [-0.1, -0.05) is 0 Å². The molecule has 8 nitrogen and oxygen atoms in total. The molecule has 110 valence electrons. The maximum atomic E-state index is 11.3. The van der Waals surface area contributed by atoms with Gasteiger partial charge in [0.1, 0.15) is 5.69 Å². The van der Waals surface area contributed by atoms with Gasteiger partial charge in [-0.3, -0.25) is 19.6 Å². The number of aliphatic hydroxyl groups excluding tert-OH is 1. The monoisotopic (exact) mass is 290 g/mol. The van der Waals surface area contributed by atoms with E-state index in [9.17, 15) is 14.9 Å². The summed E-state index contributed by atoms with van der Waals surface area (Å²) in [6.45, 7) is 1.65. The number of nitrogens with zero attached hydrogens (tertiary/aromatic N) is 3. The molecule has 0 amide bonds. The van der Waals surface area contributed by atoms with Gasteiger partial charge in [-0.25, -0.2) is 0 Å². The van der Waals surface area contributed by atoms with Crippen molar-refractivity contribution in [3.8, 4) is 0 Å². The summed E-state index contributed by atoms with van der Waals surface area (Å²) in [5.74, 6) is -0.236. The first-order chi connectivity index (χ1) is 10.0. The molecule has 1 heterocycles. The van der Waals surface area contributed by atoms with Crippen molar-refractivity contribution in [1.29, 1.82) is 0 Å². The van der Waals surface area contributed by atoms with E-state index in [4.69, 9.17) is 5.11 Å². The number of nitrogens with one attached hydrogen (secondary N) is 1. The number of nitro groups is 1. The average Bonchev–Trinajstić information content (AvgIpc) is 2.86. The summed E-state index contributed by atoms with van der Waals surface area (Å²) in [6, 6.07) is 4.25. The van der Waals surface area contributed by atoms with Crippen LogP contribution in [0.1, 0.15) is 17.3 Å². The minimum atomic E-state index is -0.549. The maximum absolute atomic E-state index is 11.3. The quantitative estimate of drug-likeness (QED) is 0.476. The molecule has 21 heavy (non-hydrogen) atoms. The molecular weight excluding hydrogens is 276 g/mol. The maximum Gasteiger partial charge on any atom is 0.293 e. The molecule has 0 aliphatic rings. The van der Waals surface area contributed by atoms with E-state index in [1.807, 2.05) is 0 Å². The Kier molecular flexibility index (Phi) is 4.29. The summed E-state index contributed by atoms with van der Waals surface area (Å²) in [5, 5.41) is 26.8. The van der Waals surface area contributed by atoms with Crippen LogP contribution in [-0.2, 0) is 6.54 Å². The van der Waals surface area contributed by atoms with E-state index >= 15 is 0 Å². The molecule has 0 aliphatic carbocycles. The van der Waals surface area contributed by atoms with E-state index in [2.05, 4.69) is 10.4 Å². The molecule has 0 radical (unpaired) electrons. The van der Waals surface area contributed by atoms with Crippen LogP contribution in [0, 0.1) is 10.1 Å². The van der Waals surface area contributed by atoms with Crippen molar-refractivity contribution in [2.45, 2.75) is 13.5 Å². The molecule has 0 atom stereocenters. The molecule has 2 rings (SSSR count). The largest absolute Gasteiger partial charge is 0.394 e. The highest BCUT2D eigenvalue weighted by atomic mass is 16.6. The van der Waals surface area contributed by atoms with Gasteiger partial charge in [-0.05, 0) is 19.1 Å². The molecule has 1 aromatic carbocycles. The molecule has 2 N–H and O–H groups in total. The van der Waals surface area contributed by atoms with Crippen molar-refractivity contribution in [3.05, 3.63) is 46.3 Å². The van der Waals surface area contributed by atoms with Crippen LogP contribution in [0.25, 0.3) is 0 Å². The predicted molar refractivity (Wildman–Crippen MR) is 75.7 cm³/mol. The van der Waals surface area contributed by atoms with Gasteiger partial charge in [0.25, 0.3) is 5.69 Å². The average molecular weight is 290 g/mol. The van der Waals surface area contributed by atoms with Crippen molar-refractivity contribution in [1.82, 2.24) is 9.78 Å². The molecule has 0 fully saturated rings. The van der Waals surface area contributed by atoms with Crippen LogP contribution >= 0.6 is 0 Å². The first kappa shape index (κ1) is 14.7. The van der Waals surface area contributed by atoms with Gasteiger partial charge in [0, 0.05) is 17.8 Å². The minimum Gasteiger partial charge on any atom is -0.394 e. The normalized spacial score (nSPS) is 10.4. The van der Waals surface area contributed by atoms with E-state index in [1.54, 1.807) is 6.20 Å². The Bertz CT molecular complexity index is 681. The first-order valence-electron chi connectivity index (χ1n) is 6.21. The van der Waals surface area contributed by atoms with E-state index in [0.717, 1.165) is 0 Å².